The van der Waals surface area contributed by atoms with Crippen molar-refractivity contribution in [1.29, 1.82) is 5.26 Å². The molecule has 0 aliphatic heterocycles. The number of ether oxygens (including phenoxy) is 1. The van der Waals surface area contributed by atoms with Gasteiger partial charge >= 0.3 is 0 Å². The second-order valence-electron chi connectivity index (χ2n) is 5.57. The second-order valence-corrected chi connectivity index (χ2v) is 5.57. The van der Waals surface area contributed by atoms with Gasteiger partial charge < -0.3 is 9.26 Å². The maximum atomic E-state index is 9.41. The summed E-state index contributed by atoms with van der Waals surface area (Å²) in [5.74, 6) is 1.26. The van der Waals surface area contributed by atoms with E-state index in [2.05, 4.69) is 23.4 Å². The molecule has 0 saturated heterocycles. The number of hydrogen-bond donors (Lipinski definition) is 0. The fourth-order valence-electron chi connectivity index (χ4n) is 2.81. The third kappa shape index (κ3) is 3.19. The molecule has 3 rings (SSSR count). The number of nitriles is 1. The van der Waals surface area contributed by atoms with Crippen LogP contribution in [-0.2, 0) is 0 Å². The lowest BCUT2D eigenvalue weighted by Gasteiger charge is -2.11. The standard InChI is InChI=1S/C19H18N2O2/c1-13-19(14(2)23-21-13)17(12-20)9-10-22-18-8-7-15-5-3-4-6-16(15)11-18/h3-8,11,17H,9-10H2,1-2H3. The van der Waals surface area contributed by atoms with E-state index in [0.29, 0.717) is 18.8 Å². The summed E-state index contributed by atoms with van der Waals surface area (Å²) in [6, 6.07) is 16.5. The zero-order valence-electron chi connectivity index (χ0n) is 13.2. The predicted octanol–water partition coefficient (Wildman–Crippen LogP) is 4.52. The number of hydrogen-bond acceptors (Lipinski definition) is 4. The quantitative estimate of drug-likeness (QED) is 0.695. The average molecular weight is 306 g/mol. The number of nitrogens with zero attached hydrogens (tertiary/aromatic N) is 2. The van der Waals surface area contributed by atoms with Gasteiger partial charge in [-0.25, -0.2) is 0 Å². The van der Waals surface area contributed by atoms with Crippen LogP contribution in [0.25, 0.3) is 10.8 Å². The van der Waals surface area contributed by atoms with E-state index in [1.165, 1.54) is 5.39 Å². The Kier molecular flexibility index (Phi) is 4.29. The van der Waals surface area contributed by atoms with E-state index in [0.717, 1.165) is 22.4 Å². The van der Waals surface area contributed by atoms with Crippen LogP contribution in [0.5, 0.6) is 5.75 Å². The molecule has 3 aromatic rings. The van der Waals surface area contributed by atoms with E-state index in [1.807, 2.05) is 44.2 Å². The van der Waals surface area contributed by atoms with Crippen molar-refractivity contribution in [3.63, 3.8) is 0 Å². The Hall–Kier alpha value is -2.80. The SMILES string of the molecule is Cc1noc(C)c1C(C#N)CCOc1ccc2ccccc2c1. The molecular weight excluding hydrogens is 288 g/mol. The summed E-state index contributed by atoms with van der Waals surface area (Å²) in [7, 11) is 0. The topological polar surface area (TPSA) is 59.0 Å². The molecule has 116 valence electrons. The molecule has 0 aliphatic carbocycles. The smallest absolute Gasteiger partial charge is 0.138 e. The van der Waals surface area contributed by atoms with Crippen LogP contribution < -0.4 is 4.74 Å². The molecule has 0 N–H and O–H groups in total. The van der Waals surface area contributed by atoms with Gasteiger partial charge in [-0.1, -0.05) is 35.5 Å². The van der Waals surface area contributed by atoms with E-state index in [-0.39, 0.29) is 5.92 Å². The molecule has 4 heteroatoms. The first-order chi connectivity index (χ1) is 11.2. The number of rotatable bonds is 5. The highest BCUT2D eigenvalue weighted by Gasteiger charge is 2.20. The maximum absolute atomic E-state index is 9.41. The Labute approximate surface area is 135 Å². The molecule has 1 heterocycles. The van der Waals surface area contributed by atoms with Crippen LogP contribution in [0.3, 0.4) is 0 Å². The first-order valence-electron chi connectivity index (χ1n) is 7.63. The van der Waals surface area contributed by atoms with Crippen molar-refractivity contribution in [3.8, 4) is 11.8 Å². The normalized spacial score (nSPS) is 12.0. The highest BCUT2D eigenvalue weighted by molar-refractivity contribution is 5.83. The number of aromatic nitrogens is 1. The van der Waals surface area contributed by atoms with Crippen molar-refractivity contribution >= 4 is 10.8 Å². The number of aryl methyl sites for hydroxylation is 2. The lowest BCUT2D eigenvalue weighted by molar-refractivity contribution is 0.305. The fourth-order valence-corrected chi connectivity index (χ4v) is 2.81. The third-order valence-electron chi connectivity index (χ3n) is 3.99. The molecular formula is C19H18N2O2. The molecule has 2 aromatic carbocycles. The molecule has 0 radical (unpaired) electrons. The van der Waals surface area contributed by atoms with Crippen molar-refractivity contribution in [1.82, 2.24) is 5.16 Å². The summed E-state index contributed by atoms with van der Waals surface area (Å²) in [6.07, 6.45) is 0.603. The molecule has 0 amide bonds. The monoisotopic (exact) mass is 306 g/mol. The van der Waals surface area contributed by atoms with E-state index in [1.54, 1.807) is 0 Å². The minimum Gasteiger partial charge on any atom is -0.494 e. The molecule has 1 unspecified atom stereocenters. The van der Waals surface area contributed by atoms with Crippen molar-refractivity contribution in [3.05, 3.63) is 59.5 Å². The van der Waals surface area contributed by atoms with E-state index >= 15 is 0 Å². The summed E-state index contributed by atoms with van der Waals surface area (Å²) in [4.78, 5) is 0. The highest BCUT2D eigenvalue weighted by Crippen LogP contribution is 2.26. The molecule has 0 aliphatic rings. The van der Waals surface area contributed by atoms with Crippen LogP contribution in [0, 0.1) is 25.2 Å². The van der Waals surface area contributed by atoms with Gasteiger partial charge in [-0.2, -0.15) is 5.26 Å². The van der Waals surface area contributed by atoms with Crippen molar-refractivity contribution in [2.45, 2.75) is 26.2 Å². The largest absolute Gasteiger partial charge is 0.494 e. The Bertz CT molecular complexity index is 842. The van der Waals surface area contributed by atoms with Gasteiger partial charge in [0.1, 0.15) is 11.5 Å². The molecule has 1 atom stereocenters. The lowest BCUT2D eigenvalue weighted by Crippen LogP contribution is -2.06. The second kappa shape index (κ2) is 6.53. The molecule has 0 saturated carbocycles. The van der Waals surface area contributed by atoms with Crippen LogP contribution in [0.4, 0.5) is 0 Å². The van der Waals surface area contributed by atoms with Crippen LogP contribution in [0.15, 0.2) is 47.0 Å². The predicted molar refractivity (Wildman–Crippen MR) is 88.4 cm³/mol. The van der Waals surface area contributed by atoms with Gasteiger partial charge in [-0.3, -0.25) is 0 Å². The van der Waals surface area contributed by atoms with E-state index < -0.39 is 0 Å². The van der Waals surface area contributed by atoms with Gasteiger partial charge in [-0.05, 0) is 36.8 Å². The average Bonchev–Trinajstić information content (AvgIpc) is 2.90. The summed E-state index contributed by atoms with van der Waals surface area (Å²) in [5, 5.41) is 15.7. The molecule has 0 fully saturated rings. The summed E-state index contributed by atoms with van der Waals surface area (Å²) >= 11 is 0. The number of benzene rings is 2. The Balaban J connectivity index is 1.66. The van der Waals surface area contributed by atoms with Gasteiger partial charge in [0, 0.05) is 12.0 Å². The fraction of sp³-hybridized carbons (Fsp3) is 0.263. The van der Waals surface area contributed by atoms with Gasteiger partial charge in [0.25, 0.3) is 0 Å². The molecule has 1 aromatic heterocycles. The zero-order chi connectivity index (χ0) is 16.2. The lowest BCUT2D eigenvalue weighted by atomic mass is 9.96. The minimum absolute atomic E-state index is 0.262. The molecule has 0 bridgehead atoms. The van der Waals surface area contributed by atoms with Crippen molar-refractivity contribution in [2.24, 2.45) is 0 Å². The van der Waals surface area contributed by atoms with Gasteiger partial charge in [0.15, 0.2) is 0 Å². The van der Waals surface area contributed by atoms with Crippen LogP contribution >= 0.6 is 0 Å². The third-order valence-corrected chi connectivity index (χ3v) is 3.99. The van der Waals surface area contributed by atoms with E-state index in [4.69, 9.17) is 9.26 Å². The van der Waals surface area contributed by atoms with E-state index in [9.17, 15) is 5.26 Å². The van der Waals surface area contributed by atoms with Crippen molar-refractivity contribution in [2.75, 3.05) is 6.61 Å². The highest BCUT2D eigenvalue weighted by atomic mass is 16.5. The summed E-state index contributed by atoms with van der Waals surface area (Å²) in [5.41, 5.74) is 1.66. The van der Waals surface area contributed by atoms with Crippen LogP contribution in [-0.4, -0.2) is 11.8 Å². The maximum Gasteiger partial charge on any atom is 0.138 e. The Morgan fingerprint density at radius 3 is 2.65 bits per heavy atom. The van der Waals surface area contributed by atoms with Crippen LogP contribution in [0.1, 0.15) is 29.4 Å². The van der Waals surface area contributed by atoms with Crippen LogP contribution in [0.2, 0.25) is 0 Å². The van der Waals surface area contributed by atoms with Gasteiger partial charge in [0.2, 0.25) is 0 Å². The Morgan fingerprint density at radius 2 is 1.96 bits per heavy atom. The number of fused-ring (bicyclic) bond motifs is 1. The first-order valence-corrected chi connectivity index (χ1v) is 7.63. The van der Waals surface area contributed by atoms with Gasteiger partial charge in [-0.15, -0.1) is 0 Å². The minimum atomic E-state index is -0.262. The summed E-state index contributed by atoms with van der Waals surface area (Å²) in [6.45, 7) is 4.17. The summed E-state index contributed by atoms with van der Waals surface area (Å²) < 4.78 is 11.0. The first kappa shape index (κ1) is 15.1. The zero-order valence-corrected chi connectivity index (χ0v) is 13.2. The van der Waals surface area contributed by atoms with Gasteiger partial charge in [0.05, 0.1) is 24.3 Å². The molecule has 0 spiro atoms. The Morgan fingerprint density at radius 1 is 1.17 bits per heavy atom. The molecule has 4 nitrogen and oxygen atoms in total. The molecule has 23 heavy (non-hydrogen) atoms. The van der Waals surface area contributed by atoms with Crippen molar-refractivity contribution < 1.29 is 9.26 Å².